The fourth-order valence-corrected chi connectivity index (χ4v) is 1.88. The van der Waals surface area contributed by atoms with E-state index in [0.717, 1.165) is 22.9 Å². The van der Waals surface area contributed by atoms with E-state index in [2.05, 4.69) is 21.2 Å². The summed E-state index contributed by atoms with van der Waals surface area (Å²) < 4.78 is 1.04. The van der Waals surface area contributed by atoms with Crippen LogP contribution in [0.25, 0.3) is 0 Å². The van der Waals surface area contributed by atoms with E-state index in [1.165, 1.54) is 0 Å². The molecule has 1 fully saturated rings. The highest BCUT2D eigenvalue weighted by Gasteiger charge is 2.24. The predicted octanol–water partition coefficient (Wildman–Crippen LogP) is 2.75. The minimum Gasteiger partial charge on any atom is -0.335 e. The fourth-order valence-electron chi connectivity index (χ4n) is 1.47. The SMILES string of the molecule is CN(Cc1ccccc1Br)C(=O)NC1CC1. The molecule has 1 aromatic carbocycles. The van der Waals surface area contributed by atoms with Gasteiger partial charge in [-0.15, -0.1) is 0 Å². The van der Waals surface area contributed by atoms with Gasteiger partial charge in [-0.05, 0) is 24.5 Å². The molecule has 0 spiro atoms. The Bertz CT molecular complexity index is 390. The van der Waals surface area contributed by atoms with Crippen LogP contribution in [0, 0.1) is 0 Å². The van der Waals surface area contributed by atoms with Crippen LogP contribution in [0.1, 0.15) is 18.4 Å². The highest BCUT2D eigenvalue weighted by atomic mass is 79.9. The van der Waals surface area contributed by atoms with Crippen molar-refractivity contribution in [2.75, 3.05) is 7.05 Å². The van der Waals surface area contributed by atoms with Gasteiger partial charge in [0, 0.05) is 24.1 Å². The summed E-state index contributed by atoms with van der Waals surface area (Å²) in [5.74, 6) is 0. The van der Waals surface area contributed by atoms with E-state index < -0.39 is 0 Å². The summed E-state index contributed by atoms with van der Waals surface area (Å²) in [6.07, 6.45) is 2.24. The molecule has 1 saturated carbocycles. The lowest BCUT2D eigenvalue weighted by Gasteiger charge is -2.18. The predicted molar refractivity (Wildman–Crippen MR) is 67.2 cm³/mol. The van der Waals surface area contributed by atoms with Crippen molar-refractivity contribution in [1.29, 1.82) is 0 Å². The van der Waals surface area contributed by atoms with E-state index >= 15 is 0 Å². The molecule has 0 aliphatic heterocycles. The molecule has 1 aromatic rings. The van der Waals surface area contributed by atoms with Gasteiger partial charge in [-0.2, -0.15) is 0 Å². The number of hydrogen-bond acceptors (Lipinski definition) is 1. The second-order valence-electron chi connectivity index (χ2n) is 4.17. The summed E-state index contributed by atoms with van der Waals surface area (Å²) in [5.41, 5.74) is 1.12. The van der Waals surface area contributed by atoms with Gasteiger partial charge in [0.1, 0.15) is 0 Å². The molecule has 4 heteroatoms. The van der Waals surface area contributed by atoms with E-state index in [9.17, 15) is 4.79 Å². The Balaban J connectivity index is 1.92. The van der Waals surface area contributed by atoms with Crippen LogP contribution in [0.5, 0.6) is 0 Å². The Labute approximate surface area is 104 Å². The minimum atomic E-state index is 0.0123. The quantitative estimate of drug-likeness (QED) is 0.909. The van der Waals surface area contributed by atoms with E-state index in [0.29, 0.717) is 12.6 Å². The van der Waals surface area contributed by atoms with Crippen LogP contribution >= 0.6 is 15.9 Å². The van der Waals surface area contributed by atoms with Crippen molar-refractivity contribution in [3.05, 3.63) is 34.3 Å². The van der Waals surface area contributed by atoms with Gasteiger partial charge < -0.3 is 10.2 Å². The van der Waals surface area contributed by atoms with Crippen molar-refractivity contribution in [2.45, 2.75) is 25.4 Å². The third kappa shape index (κ3) is 2.98. The van der Waals surface area contributed by atoms with Crippen molar-refractivity contribution in [3.63, 3.8) is 0 Å². The topological polar surface area (TPSA) is 32.3 Å². The number of carbonyl (C=O) groups excluding carboxylic acids is 1. The maximum atomic E-state index is 11.7. The van der Waals surface area contributed by atoms with Crippen LogP contribution in [0.2, 0.25) is 0 Å². The first-order valence-corrected chi connectivity index (χ1v) is 6.21. The molecule has 0 bridgehead atoms. The highest BCUT2D eigenvalue weighted by Crippen LogP contribution is 2.20. The highest BCUT2D eigenvalue weighted by molar-refractivity contribution is 9.10. The van der Waals surface area contributed by atoms with E-state index in [4.69, 9.17) is 0 Å². The van der Waals surface area contributed by atoms with Crippen LogP contribution in [-0.2, 0) is 6.54 Å². The molecule has 1 aliphatic rings. The molecule has 16 heavy (non-hydrogen) atoms. The van der Waals surface area contributed by atoms with Gasteiger partial charge in [-0.3, -0.25) is 0 Å². The third-order valence-corrected chi connectivity index (χ3v) is 3.39. The zero-order chi connectivity index (χ0) is 11.5. The molecular weight excluding hydrogens is 268 g/mol. The van der Waals surface area contributed by atoms with Gasteiger partial charge in [0.05, 0.1) is 0 Å². The number of carbonyl (C=O) groups is 1. The largest absolute Gasteiger partial charge is 0.335 e. The lowest BCUT2D eigenvalue weighted by Crippen LogP contribution is -2.37. The number of nitrogens with zero attached hydrogens (tertiary/aromatic N) is 1. The number of nitrogens with one attached hydrogen (secondary N) is 1. The molecule has 0 heterocycles. The molecule has 2 amide bonds. The lowest BCUT2D eigenvalue weighted by atomic mass is 10.2. The summed E-state index contributed by atoms with van der Waals surface area (Å²) in [4.78, 5) is 13.4. The van der Waals surface area contributed by atoms with Crippen LogP contribution < -0.4 is 5.32 Å². The Kier molecular flexibility index (Phi) is 3.49. The number of rotatable bonds is 3. The average Bonchev–Trinajstić information content (AvgIpc) is 3.05. The lowest BCUT2D eigenvalue weighted by molar-refractivity contribution is 0.206. The molecule has 86 valence electrons. The molecule has 0 atom stereocenters. The van der Waals surface area contributed by atoms with Gasteiger partial charge in [0.25, 0.3) is 0 Å². The Hall–Kier alpha value is -1.03. The Morgan fingerprint density at radius 1 is 1.50 bits per heavy atom. The second kappa shape index (κ2) is 4.87. The number of amides is 2. The maximum absolute atomic E-state index is 11.7. The van der Waals surface area contributed by atoms with Gasteiger partial charge in [-0.25, -0.2) is 4.79 Å². The number of benzene rings is 1. The molecule has 2 rings (SSSR count). The maximum Gasteiger partial charge on any atom is 0.317 e. The van der Waals surface area contributed by atoms with Gasteiger partial charge in [0.15, 0.2) is 0 Å². The molecule has 3 nitrogen and oxygen atoms in total. The molecule has 0 saturated heterocycles. The molecule has 0 aromatic heterocycles. The van der Waals surface area contributed by atoms with Gasteiger partial charge >= 0.3 is 6.03 Å². The minimum absolute atomic E-state index is 0.0123. The first-order chi connectivity index (χ1) is 7.66. The monoisotopic (exact) mass is 282 g/mol. The van der Waals surface area contributed by atoms with Crippen molar-refractivity contribution in [3.8, 4) is 0 Å². The first kappa shape index (κ1) is 11.5. The van der Waals surface area contributed by atoms with Crippen molar-refractivity contribution in [1.82, 2.24) is 10.2 Å². The van der Waals surface area contributed by atoms with Crippen LogP contribution in [-0.4, -0.2) is 24.0 Å². The summed E-state index contributed by atoms with van der Waals surface area (Å²) in [6.45, 7) is 0.625. The summed E-state index contributed by atoms with van der Waals surface area (Å²) in [7, 11) is 1.82. The van der Waals surface area contributed by atoms with Crippen LogP contribution in [0.4, 0.5) is 4.79 Å². The average molecular weight is 283 g/mol. The van der Waals surface area contributed by atoms with Crippen LogP contribution in [0.15, 0.2) is 28.7 Å². The second-order valence-corrected chi connectivity index (χ2v) is 5.03. The van der Waals surface area contributed by atoms with Crippen molar-refractivity contribution in [2.24, 2.45) is 0 Å². The van der Waals surface area contributed by atoms with E-state index in [-0.39, 0.29) is 6.03 Å². The van der Waals surface area contributed by atoms with Crippen molar-refractivity contribution >= 4 is 22.0 Å². The zero-order valence-electron chi connectivity index (χ0n) is 9.24. The number of urea groups is 1. The fraction of sp³-hybridized carbons (Fsp3) is 0.417. The Morgan fingerprint density at radius 3 is 2.81 bits per heavy atom. The standard InChI is InChI=1S/C12H15BrN2O/c1-15(12(16)14-10-6-7-10)8-9-4-2-3-5-11(9)13/h2-5,10H,6-8H2,1H3,(H,14,16). The van der Waals surface area contributed by atoms with E-state index in [1.807, 2.05) is 31.3 Å². The summed E-state index contributed by atoms with van der Waals surface area (Å²) in [5, 5.41) is 2.97. The third-order valence-electron chi connectivity index (χ3n) is 2.62. The first-order valence-electron chi connectivity index (χ1n) is 5.42. The Morgan fingerprint density at radius 2 is 2.19 bits per heavy atom. The van der Waals surface area contributed by atoms with Gasteiger partial charge in [0.2, 0.25) is 0 Å². The smallest absolute Gasteiger partial charge is 0.317 e. The molecule has 0 unspecified atom stereocenters. The van der Waals surface area contributed by atoms with Crippen LogP contribution in [0.3, 0.4) is 0 Å². The zero-order valence-corrected chi connectivity index (χ0v) is 10.8. The molecule has 1 aliphatic carbocycles. The normalized spacial score (nSPS) is 14.6. The van der Waals surface area contributed by atoms with Gasteiger partial charge in [-0.1, -0.05) is 34.1 Å². The molecule has 0 radical (unpaired) electrons. The molecule has 1 N–H and O–H groups in total. The van der Waals surface area contributed by atoms with Crippen molar-refractivity contribution < 1.29 is 4.79 Å². The summed E-state index contributed by atoms with van der Waals surface area (Å²) >= 11 is 3.48. The van der Waals surface area contributed by atoms with E-state index in [1.54, 1.807) is 4.90 Å². The molecular formula is C12H15BrN2O. The number of hydrogen-bond donors (Lipinski definition) is 1. The number of halogens is 1. The summed E-state index contributed by atoms with van der Waals surface area (Å²) in [6, 6.07) is 8.38.